The zero-order valence-electron chi connectivity index (χ0n) is 12.4. The van der Waals surface area contributed by atoms with Gasteiger partial charge in [0.2, 0.25) is 20.0 Å². The van der Waals surface area contributed by atoms with E-state index in [4.69, 9.17) is 5.14 Å². The number of benzene rings is 2. The van der Waals surface area contributed by atoms with Gasteiger partial charge in [-0.1, -0.05) is 12.1 Å². The Morgan fingerprint density at radius 2 is 1.79 bits per heavy atom. The minimum absolute atomic E-state index is 0.0838. The van der Waals surface area contributed by atoms with E-state index in [1.807, 2.05) is 0 Å². The van der Waals surface area contributed by atoms with Crippen molar-refractivity contribution in [1.29, 1.82) is 0 Å². The Balaban J connectivity index is 2.33. The van der Waals surface area contributed by atoms with E-state index in [-0.39, 0.29) is 14.3 Å². The van der Waals surface area contributed by atoms with Crippen molar-refractivity contribution >= 4 is 36.0 Å². The molecular weight excluding hydrogens is 423 g/mol. The monoisotopic (exact) mass is 436 g/mol. The predicted octanol–water partition coefficient (Wildman–Crippen LogP) is 2.28. The van der Waals surface area contributed by atoms with Crippen LogP contribution in [0.2, 0.25) is 0 Å². The van der Waals surface area contributed by atoms with Crippen LogP contribution in [0.5, 0.6) is 0 Å². The van der Waals surface area contributed by atoms with E-state index < -0.39 is 31.9 Å². The minimum Gasteiger partial charge on any atom is -0.225 e. The predicted molar refractivity (Wildman–Crippen MR) is 90.7 cm³/mol. The van der Waals surface area contributed by atoms with Crippen LogP contribution in [0.3, 0.4) is 0 Å². The van der Waals surface area contributed by atoms with Crippen molar-refractivity contribution in [1.82, 2.24) is 4.72 Å². The van der Waals surface area contributed by atoms with E-state index in [9.17, 15) is 21.2 Å². The molecule has 130 valence electrons. The Morgan fingerprint density at radius 1 is 1.12 bits per heavy atom. The molecule has 0 heterocycles. The third-order valence-corrected chi connectivity index (χ3v) is 6.63. The lowest BCUT2D eigenvalue weighted by Gasteiger charge is -2.16. The molecule has 3 N–H and O–H groups in total. The standard InChI is InChI=1S/C14H14BrFN2O4S2/c1-9(10-3-2-4-12(7-10)23(17,19)20)18-24(21,22)14-6-5-11(16)8-13(14)15/h2-9,18H,1H3,(H2,17,19,20). The molecule has 1 atom stereocenters. The Hall–Kier alpha value is -1.33. The molecule has 0 spiro atoms. The van der Waals surface area contributed by atoms with Gasteiger partial charge >= 0.3 is 0 Å². The molecule has 2 aromatic rings. The number of primary sulfonamides is 1. The van der Waals surface area contributed by atoms with Gasteiger partial charge in [0.1, 0.15) is 5.82 Å². The van der Waals surface area contributed by atoms with Crippen molar-refractivity contribution in [2.45, 2.75) is 22.8 Å². The van der Waals surface area contributed by atoms with E-state index in [1.54, 1.807) is 13.0 Å². The number of nitrogens with two attached hydrogens (primary N) is 1. The molecule has 0 aromatic heterocycles. The van der Waals surface area contributed by atoms with Gasteiger partial charge in [-0.25, -0.2) is 31.1 Å². The maximum Gasteiger partial charge on any atom is 0.242 e. The first kappa shape index (κ1) is 19.0. The number of sulfonamides is 2. The smallest absolute Gasteiger partial charge is 0.225 e. The first-order valence-electron chi connectivity index (χ1n) is 6.61. The molecule has 0 aliphatic heterocycles. The zero-order chi connectivity index (χ0) is 18.1. The summed E-state index contributed by atoms with van der Waals surface area (Å²) in [6.07, 6.45) is 0. The molecule has 10 heteroatoms. The number of rotatable bonds is 5. The summed E-state index contributed by atoms with van der Waals surface area (Å²) in [5.74, 6) is -0.574. The largest absolute Gasteiger partial charge is 0.242 e. The summed E-state index contributed by atoms with van der Waals surface area (Å²) in [7, 11) is -7.84. The molecule has 0 aliphatic carbocycles. The molecule has 0 radical (unpaired) electrons. The lowest BCUT2D eigenvalue weighted by Crippen LogP contribution is -2.27. The maximum atomic E-state index is 13.1. The van der Waals surface area contributed by atoms with Gasteiger partial charge in [0.25, 0.3) is 0 Å². The van der Waals surface area contributed by atoms with Crippen LogP contribution in [0.25, 0.3) is 0 Å². The van der Waals surface area contributed by atoms with Crippen LogP contribution < -0.4 is 9.86 Å². The fourth-order valence-corrected chi connectivity index (χ4v) is 4.87. The molecule has 0 saturated heterocycles. The van der Waals surface area contributed by atoms with Crippen molar-refractivity contribution < 1.29 is 21.2 Å². The highest BCUT2D eigenvalue weighted by Crippen LogP contribution is 2.25. The van der Waals surface area contributed by atoms with Crippen LogP contribution in [0, 0.1) is 5.82 Å². The molecular formula is C14H14BrFN2O4S2. The first-order valence-corrected chi connectivity index (χ1v) is 10.4. The fourth-order valence-electron chi connectivity index (χ4n) is 2.02. The van der Waals surface area contributed by atoms with Gasteiger partial charge in [-0.3, -0.25) is 0 Å². The molecule has 0 saturated carbocycles. The molecule has 0 aliphatic rings. The van der Waals surface area contributed by atoms with Gasteiger partial charge in [-0.15, -0.1) is 0 Å². The quantitative estimate of drug-likeness (QED) is 0.749. The van der Waals surface area contributed by atoms with Gasteiger partial charge in [-0.2, -0.15) is 0 Å². The minimum atomic E-state index is -3.95. The van der Waals surface area contributed by atoms with Crippen LogP contribution in [0.1, 0.15) is 18.5 Å². The van der Waals surface area contributed by atoms with Gasteiger partial charge in [0, 0.05) is 10.5 Å². The highest BCUT2D eigenvalue weighted by atomic mass is 79.9. The zero-order valence-corrected chi connectivity index (χ0v) is 15.6. The third-order valence-electron chi connectivity index (χ3n) is 3.20. The van der Waals surface area contributed by atoms with E-state index in [0.29, 0.717) is 5.56 Å². The second-order valence-electron chi connectivity index (χ2n) is 5.04. The van der Waals surface area contributed by atoms with Crippen molar-refractivity contribution in [2.75, 3.05) is 0 Å². The molecule has 0 bridgehead atoms. The number of hydrogen-bond acceptors (Lipinski definition) is 4. The van der Waals surface area contributed by atoms with Gasteiger partial charge in [0.05, 0.1) is 9.79 Å². The highest BCUT2D eigenvalue weighted by molar-refractivity contribution is 9.10. The van der Waals surface area contributed by atoms with Crippen molar-refractivity contribution in [3.8, 4) is 0 Å². The molecule has 2 rings (SSSR count). The second-order valence-corrected chi connectivity index (χ2v) is 9.13. The average Bonchev–Trinajstić information content (AvgIpc) is 2.45. The lowest BCUT2D eigenvalue weighted by molar-refractivity contribution is 0.565. The average molecular weight is 437 g/mol. The Kier molecular flexibility index (Phi) is 5.45. The van der Waals surface area contributed by atoms with Gasteiger partial charge in [-0.05, 0) is 58.7 Å². The Bertz CT molecular complexity index is 978. The molecule has 24 heavy (non-hydrogen) atoms. The van der Waals surface area contributed by atoms with E-state index >= 15 is 0 Å². The SMILES string of the molecule is CC(NS(=O)(=O)c1ccc(F)cc1Br)c1cccc(S(N)(=O)=O)c1. The summed E-state index contributed by atoms with van der Waals surface area (Å²) in [4.78, 5) is -0.243. The summed E-state index contributed by atoms with van der Waals surface area (Å²) < 4.78 is 63.2. The van der Waals surface area contributed by atoms with Gasteiger partial charge < -0.3 is 0 Å². The normalized spacial score (nSPS) is 13.7. The van der Waals surface area contributed by atoms with Crippen LogP contribution in [-0.4, -0.2) is 16.8 Å². The number of halogens is 2. The Labute approximate surface area is 148 Å². The number of nitrogens with one attached hydrogen (secondary N) is 1. The Morgan fingerprint density at radius 3 is 2.38 bits per heavy atom. The van der Waals surface area contributed by atoms with E-state index in [2.05, 4.69) is 20.7 Å². The molecule has 1 unspecified atom stereocenters. The summed E-state index contributed by atoms with van der Waals surface area (Å²) in [5.41, 5.74) is 0.420. The third kappa shape index (κ3) is 4.39. The lowest BCUT2D eigenvalue weighted by atomic mass is 10.1. The van der Waals surface area contributed by atoms with Crippen LogP contribution in [-0.2, 0) is 20.0 Å². The van der Waals surface area contributed by atoms with Crippen molar-refractivity contribution in [3.05, 3.63) is 58.3 Å². The topological polar surface area (TPSA) is 106 Å². The van der Waals surface area contributed by atoms with Crippen molar-refractivity contribution in [3.63, 3.8) is 0 Å². The highest BCUT2D eigenvalue weighted by Gasteiger charge is 2.22. The molecule has 6 nitrogen and oxygen atoms in total. The maximum absolute atomic E-state index is 13.1. The fraction of sp³-hybridized carbons (Fsp3) is 0.143. The molecule has 0 fully saturated rings. The summed E-state index contributed by atoms with van der Waals surface area (Å²) in [5, 5.41) is 5.07. The van der Waals surface area contributed by atoms with Crippen LogP contribution in [0.4, 0.5) is 4.39 Å². The van der Waals surface area contributed by atoms with Crippen LogP contribution >= 0.6 is 15.9 Å². The summed E-state index contributed by atoms with van der Waals surface area (Å²) in [6, 6.07) is 8.13. The first-order chi connectivity index (χ1) is 11.0. The van der Waals surface area contributed by atoms with Crippen LogP contribution in [0.15, 0.2) is 56.7 Å². The summed E-state index contributed by atoms with van der Waals surface area (Å²) >= 11 is 3.01. The number of hydrogen-bond donors (Lipinski definition) is 2. The van der Waals surface area contributed by atoms with Crippen molar-refractivity contribution in [2.24, 2.45) is 5.14 Å². The molecule has 2 aromatic carbocycles. The summed E-state index contributed by atoms with van der Waals surface area (Å²) in [6.45, 7) is 1.55. The van der Waals surface area contributed by atoms with E-state index in [1.165, 1.54) is 18.2 Å². The second kappa shape index (κ2) is 6.89. The van der Waals surface area contributed by atoms with Gasteiger partial charge in [0.15, 0.2) is 0 Å². The van der Waals surface area contributed by atoms with E-state index in [0.717, 1.165) is 18.2 Å². The molecule has 0 amide bonds.